The van der Waals surface area contributed by atoms with Crippen molar-refractivity contribution < 1.29 is 4.79 Å². The molecule has 1 aliphatic rings. The summed E-state index contributed by atoms with van der Waals surface area (Å²) in [7, 11) is 0. The number of carbonyl (C=O) groups is 1. The Morgan fingerprint density at radius 3 is 3.00 bits per heavy atom. The Labute approximate surface area is 124 Å². The SMILES string of the molecule is CC(NC(=O)CC1=CCCCC1)c1nc2ccccc2[nH]1. The van der Waals surface area contributed by atoms with Crippen molar-refractivity contribution in [1.29, 1.82) is 0 Å². The first kappa shape index (κ1) is 13.9. The molecule has 1 aromatic heterocycles. The van der Waals surface area contributed by atoms with Gasteiger partial charge in [0, 0.05) is 6.42 Å². The van der Waals surface area contributed by atoms with Crippen LogP contribution in [0, 0.1) is 0 Å². The van der Waals surface area contributed by atoms with E-state index in [4.69, 9.17) is 0 Å². The van der Waals surface area contributed by atoms with Crippen molar-refractivity contribution in [3.05, 3.63) is 41.7 Å². The second-order valence-electron chi connectivity index (χ2n) is 5.71. The highest BCUT2D eigenvalue weighted by Gasteiger charge is 2.15. The van der Waals surface area contributed by atoms with Crippen LogP contribution < -0.4 is 5.32 Å². The fourth-order valence-electron chi connectivity index (χ4n) is 2.81. The second-order valence-corrected chi connectivity index (χ2v) is 5.71. The maximum absolute atomic E-state index is 12.1. The van der Waals surface area contributed by atoms with E-state index >= 15 is 0 Å². The van der Waals surface area contributed by atoms with Gasteiger partial charge < -0.3 is 10.3 Å². The Kier molecular flexibility index (Phi) is 4.04. The first-order chi connectivity index (χ1) is 10.2. The molecule has 1 amide bonds. The molecule has 0 spiro atoms. The quantitative estimate of drug-likeness (QED) is 0.842. The van der Waals surface area contributed by atoms with Crippen molar-refractivity contribution in [2.24, 2.45) is 0 Å². The van der Waals surface area contributed by atoms with E-state index in [2.05, 4.69) is 21.4 Å². The monoisotopic (exact) mass is 283 g/mol. The summed E-state index contributed by atoms with van der Waals surface area (Å²) >= 11 is 0. The van der Waals surface area contributed by atoms with Gasteiger partial charge in [-0.05, 0) is 44.7 Å². The third-order valence-electron chi connectivity index (χ3n) is 3.97. The van der Waals surface area contributed by atoms with E-state index in [9.17, 15) is 4.79 Å². The molecular weight excluding hydrogens is 262 g/mol. The predicted molar refractivity (Wildman–Crippen MR) is 83.8 cm³/mol. The number of para-hydroxylation sites is 2. The third-order valence-corrected chi connectivity index (χ3v) is 3.97. The largest absolute Gasteiger partial charge is 0.346 e. The summed E-state index contributed by atoms with van der Waals surface area (Å²) in [6.07, 6.45) is 7.37. The molecule has 0 aliphatic heterocycles. The molecule has 0 fully saturated rings. The van der Waals surface area contributed by atoms with Crippen molar-refractivity contribution in [1.82, 2.24) is 15.3 Å². The van der Waals surface area contributed by atoms with Crippen molar-refractivity contribution in [3.8, 4) is 0 Å². The second kappa shape index (κ2) is 6.12. The number of rotatable bonds is 4. The van der Waals surface area contributed by atoms with Crippen LogP contribution in [0.5, 0.6) is 0 Å². The van der Waals surface area contributed by atoms with E-state index in [0.29, 0.717) is 6.42 Å². The normalized spacial score (nSPS) is 16.5. The van der Waals surface area contributed by atoms with Crippen LogP contribution in [0.2, 0.25) is 0 Å². The lowest BCUT2D eigenvalue weighted by atomic mass is 9.97. The molecule has 21 heavy (non-hydrogen) atoms. The first-order valence-electron chi connectivity index (χ1n) is 7.64. The molecule has 0 radical (unpaired) electrons. The average molecular weight is 283 g/mol. The molecule has 1 aliphatic carbocycles. The highest BCUT2D eigenvalue weighted by atomic mass is 16.1. The summed E-state index contributed by atoms with van der Waals surface area (Å²) < 4.78 is 0. The molecule has 0 saturated carbocycles. The number of H-pyrrole nitrogens is 1. The minimum absolute atomic E-state index is 0.0797. The zero-order valence-corrected chi connectivity index (χ0v) is 12.4. The fourth-order valence-corrected chi connectivity index (χ4v) is 2.81. The number of hydrogen-bond acceptors (Lipinski definition) is 2. The number of aromatic nitrogens is 2. The van der Waals surface area contributed by atoms with Crippen LogP contribution in [-0.2, 0) is 4.79 Å². The summed E-state index contributed by atoms with van der Waals surface area (Å²) in [6, 6.07) is 7.80. The van der Waals surface area contributed by atoms with E-state index in [1.54, 1.807) is 0 Å². The van der Waals surface area contributed by atoms with Gasteiger partial charge in [0.25, 0.3) is 0 Å². The number of aromatic amines is 1. The molecule has 2 N–H and O–H groups in total. The minimum Gasteiger partial charge on any atom is -0.346 e. The molecule has 2 aromatic rings. The zero-order valence-electron chi connectivity index (χ0n) is 12.4. The fraction of sp³-hybridized carbons (Fsp3) is 0.412. The smallest absolute Gasteiger partial charge is 0.224 e. The van der Waals surface area contributed by atoms with Crippen molar-refractivity contribution in [2.75, 3.05) is 0 Å². The Morgan fingerprint density at radius 1 is 1.38 bits per heavy atom. The van der Waals surface area contributed by atoms with Crippen LogP contribution >= 0.6 is 0 Å². The third kappa shape index (κ3) is 3.32. The van der Waals surface area contributed by atoms with E-state index in [1.807, 2.05) is 31.2 Å². The maximum atomic E-state index is 12.1. The molecule has 0 bridgehead atoms. The van der Waals surface area contributed by atoms with Crippen LogP contribution in [0.15, 0.2) is 35.9 Å². The summed E-state index contributed by atoms with van der Waals surface area (Å²) in [5, 5.41) is 3.03. The molecule has 1 unspecified atom stereocenters. The Bertz CT molecular complexity index is 638. The van der Waals surface area contributed by atoms with E-state index < -0.39 is 0 Å². The van der Waals surface area contributed by atoms with Crippen LogP contribution in [0.4, 0.5) is 0 Å². The van der Waals surface area contributed by atoms with Crippen molar-refractivity contribution >= 4 is 16.9 Å². The number of carbonyl (C=O) groups excluding carboxylic acids is 1. The molecule has 3 rings (SSSR count). The van der Waals surface area contributed by atoms with Gasteiger partial charge in [-0.3, -0.25) is 4.79 Å². The van der Waals surface area contributed by atoms with Crippen LogP contribution in [0.25, 0.3) is 11.0 Å². The molecular formula is C17H21N3O. The van der Waals surface area contributed by atoms with Crippen molar-refractivity contribution in [3.63, 3.8) is 0 Å². The lowest BCUT2D eigenvalue weighted by molar-refractivity contribution is -0.121. The van der Waals surface area contributed by atoms with Gasteiger partial charge in [-0.15, -0.1) is 0 Å². The maximum Gasteiger partial charge on any atom is 0.224 e. The number of nitrogens with zero attached hydrogens (tertiary/aromatic N) is 1. The molecule has 0 saturated heterocycles. The number of imidazole rings is 1. The summed E-state index contributed by atoms with van der Waals surface area (Å²) in [6.45, 7) is 1.96. The Morgan fingerprint density at radius 2 is 2.24 bits per heavy atom. The van der Waals surface area contributed by atoms with Gasteiger partial charge in [-0.2, -0.15) is 0 Å². The van der Waals surface area contributed by atoms with Gasteiger partial charge in [0.1, 0.15) is 5.82 Å². The van der Waals surface area contributed by atoms with E-state index in [-0.39, 0.29) is 11.9 Å². The van der Waals surface area contributed by atoms with E-state index in [1.165, 1.54) is 18.4 Å². The van der Waals surface area contributed by atoms with Gasteiger partial charge in [0.05, 0.1) is 17.1 Å². The van der Waals surface area contributed by atoms with Gasteiger partial charge in [0.2, 0.25) is 5.91 Å². The van der Waals surface area contributed by atoms with E-state index in [0.717, 1.165) is 29.7 Å². The highest BCUT2D eigenvalue weighted by Crippen LogP contribution is 2.21. The summed E-state index contributed by atoms with van der Waals surface area (Å²) in [4.78, 5) is 19.9. The number of hydrogen-bond donors (Lipinski definition) is 2. The number of allylic oxidation sites excluding steroid dienone is 1. The van der Waals surface area contributed by atoms with Crippen LogP contribution in [0.3, 0.4) is 0 Å². The average Bonchev–Trinajstić information content (AvgIpc) is 2.92. The summed E-state index contributed by atoms with van der Waals surface area (Å²) in [5.74, 6) is 0.887. The topological polar surface area (TPSA) is 57.8 Å². The number of fused-ring (bicyclic) bond motifs is 1. The zero-order chi connectivity index (χ0) is 14.7. The van der Waals surface area contributed by atoms with Crippen LogP contribution in [0.1, 0.15) is 50.9 Å². The predicted octanol–water partition coefficient (Wildman–Crippen LogP) is 3.63. The molecule has 1 aromatic carbocycles. The highest BCUT2D eigenvalue weighted by molar-refractivity contribution is 5.79. The molecule has 4 nitrogen and oxygen atoms in total. The van der Waals surface area contributed by atoms with Gasteiger partial charge >= 0.3 is 0 Å². The number of nitrogens with one attached hydrogen (secondary N) is 2. The Balaban J connectivity index is 1.63. The molecule has 4 heteroatoms. The summed E-state index contributed by atoms with van der Waals surface area (Å²) in [5.41, 5.74) is 3.21. The minimum atomic E-state index is -0.103. The van der Waals surface area contributed by atoms with Crippen LogP contribution in [-0.4, -0.2) is 15.9 Å². The first-order valence-corrected chi connectivity index (χ1v) is 7.64. The van der Waals surface area contributed by atoms with Gasteiger partial charge in [-0.25, -0.2) is 4.98 Å². The molecule has 1 heterocycles. The molecule has 1 atom stereocenters. The Hall–Kier alpha value is -2.10. The number of benzene rings is 1. The standard InChI is InChI=1S/C17H21N3O/c1-12(17-19-14-9-5-6-10-15(14)20-17)18-16(21)11-13-7-3-2-4-8-13/h5-7,9-10,12H,2-4,8,11H2,1H3,(H,18,21)(H,19,20). The lowest BCUT2D eigenvalue weighted by Gasteiger charge is -2.15. The number of amides is 1. The van der Waals surface area contributed by atoms with Gasteiger partial charge in [0.15, 0.2) is 0 Å². The lowest BCUT2D eigenvalue weighted by Crippen LogP contribution is -2.27. The van der Waals surface area contributed by atoms with Crippen molar-refractivity contribution in [2.45, 2.75) is 45.1 Å². The molecule has 110 valence electrons. The van der Waals surface area contributed by atoms with Gasteiger partial charge in [-0.1, -0.05) is 23.8 Å².